The van der Waals surface area contributed by atoms with E-state index >= 15 is 0 Å². The molecule has 0 aliphatic carbocycles. The second kappa shape index (κ2) is 10.4. The molecule has 37 heavy (non-hydrogen) atoms. The van der Waals surface area contributed by atoms with Gasteiger partial charge in [-0.3, -0.25) is 9.78 Å². The molecule has 2 N–H and O–H groups in total. The molecule has 3 heterocycles. The number of carbonyl (C=O) groups is 1. The minimum atomic E-state index is -0.279. The first-order chi connectivity index (χ1) is 17.9. The van der Waals surface area contributed by atoms with Gasteiger partial charge in [-0.05, 0) is 62.4 Å². The maximum Gasteiger partial charge on any atom is 0.316 e. The molecular formula is C28H30N6O3. The molecule has 2 aromatic carbocycles. The highest BCUT2D eigenvalue weighted by atomic mass is 16.5. The summed E-state index contributed by atoms with van der Waals surface area (Å²) >= 11 is 0. The number of aromatic nitrogens is 3. The van der Waals surface area contributed by atoms with Crippen molar-refractivity contribution in [1.82, 2.24) is 20.3 Å². The number of amides is 1. The summed E-state index contributed by atoms with van der Waals surface area (Å²) < 4.78 is 10.5. The van der Waals surface area contributed by atoms with Crippen molar-refractivity contribution in [2.45, 2.75) is 25.9 Å². The Balaban J connectivity index is 1.43. The number of benzene rings is 2. The van der Waals surface area contributed by atoms with E-state index in [2.05, 4.69) is 44.3 Å². The third-order valence-corrected chi connectivity index (χ3v) is 6.44. The van der Waals surface area contributed by atoms with E-state index in [1.807, 2.05) is 48.5 Å². The van der Waals surface area contributed by atoms with Gasteiger partial charge in [0.2, 0.25) is 0 Å². The number of nitrogens with one attached hydrogen (secondary N) is 2. The van der Waals surface area contributed by atoms with Crippen LogP contribution in [0.4, 0.5) is 11.4 Å². The molecule has 0 unspecified atom stereocenters. The van der Waals surface area contributed by atoms with Gasteiger partial charge in [0.15, 0.2) is 0 Å². The molecule has 1 amide bonds. The van der Waals surface area contributed by atoms with Crippen LogP contribution >= 0.6 is 0 Å². The number of ether oxygens (including phenoxy) is 2. The average Bonchev–Trinajstić information content (AvgIpc) is 2.92. The monoisotopic (exact) mass is 498 g/mol. The van der Waals surface area contributed by atoms with Crippen molar-refractivity contribution in [1.29, 1.82) is 0 Å². The Morgan fingerprint density at radius 3 is 2.35 bits per heavy atom. The van der Waals surface area contributed by atoms with Crippen molar-refractivity contribution >= 4 is 28.2 Å². The van der Waals surface area contributed by atoms with Crippen LogP contribution in [-0.4, -0.2) is 60.3 Å². The predicted octanol–water partition coefficient (Wildman–Crippen LogP) is 4.15. The Hall–Kier alpha value is -4.24. The molecule has 9 nitrogen and oxygen atoms in total. The molecule has 1 aliphatic rings. The lowest BCUT2D eigenvalue weighted by Gasteiger charge is -2.38. The van der Waals surface area contributed by atoms with Crippen LogP contribution in [-0.2, 0) is 0 Å². The van der Waals surface area contributed by atoms with Gasteiger partial charge in [0.1, 0.15) is 5.75 Å². The molecule has 1 aliphatic heterocycles. The molecule has 0 spiro atoms. The zero-order valence-electron chi connectivity index (χ0n) is 21.4. The molecule has 1 saturated heterocycles. The summed E-state index contributed by atoms with van der Waals surface area (Å²) in [5.41, 5.74) is 4.33. The first kappa shape index (κ1) is 24.5. The van der Waals surface area contributed by atoms with Crippen LogP contribution in [0.3, 0.4) is 0 Å². The summed E-state index contributed by atoms with van der Waals surface area (Å²) in [4.78, 5) is 29.1. The van der Waals surface area contributed by atoms with Gasteiger partial charge in [0.05, 0.1) is 42.9 Å². The van der Waals surface area contributed by atoms with Crippen LogP contribution in [0.15, 0.2) is 60.9 Å². The van der Waals surface area contributed by atoms with Gasteiger partial charge in [0.25, 0.3) is 5.91 Å². The molecule has 9 heteroatoms. The standard InChI is InChI=1S/C28H30N6O3/c1-17-15-34(16-18(2)31-17)25-12-10-22(26-23(25)14-30-28(33-26)37-4)27(35)32-20-7-11-24(29-13-20)19-5-8-21(36-3)9-6-19/h5-14,17-18,31H,15-16H2,1-4H3,(H,32,35)/t17-,18+. The number of hydrogen-bond donors (Lipinski definition) is 2. The van der Waals surface area contributed by atoms with E-state index in [0.717, 1.165) is 41.2 Å². The zero-order valence-corrected chi connectivity index (χ0v) is 21.4. The number of nitrogens with zero attached hydrogens (tertiary/aromatic N) is 4. The molecule has 0 saturated carbocycles. The van der Waals surface area contributed by atoms with E-state index in [9.17, 15) is 4.79 Å². The lowest BCUT2D eigenvalue weighted by Crippen LogP contribution is -2.54. The second-order valence-electron chi connectivity index (χ2n) is 9.24. The maximum absolute atomic E-state index is 13.4. The van der Waals surface area contributed by atoms with Gasteiger partial charge < -0.3 is 25.0 Å². The van der Waals surface area contributed by atoms with Crippen LogP contribution < -0.4 is 25.0 Å². The molecule has 1 fully saturated rings. The largest absolute Gasteiger partial charge is 0.497 e. The van der Waals surface area contributed by atoms with Gasteiger partial charge in [-0.1, -0.05) is 0 Å². The molecule has 0 radical (unpaired) electrons. The van der Waals surface area contributed by atoms with Crippen molar-refractivity contribution in [2.75, 3.05) is 37.5 Å². The first-order valence-electron chi connectivity index (χ1n) is 12.2. The number of fused-ring (bicyclic) bond motifs is 1. The fourth-order valence-corrected chi connectivity index (χ4v) is 4.77. The van der Waals surface area contributed by atoms with E-state index in [1.54, 1.807) is 19.5 Å². The normalized spacial score (nSPS) is 17.5. The molecule has 190 valence electrons. The third-order valence-electron chi connectivity index (χ3n) is 6.44. The Morgan fingerprint density at radius 1 is 0.946 bits per heavy atom. The van der Waals surface area contributed by atoms with Gasteiger partial charge in [0, 0.05) is 48.0 Å². The van der Waals surface area contributed by atoms with Crippen molar-refractivity contribution in [3.63, 3.8) is 0 Å². The van der Waals surface area contributed by atoms with Crippen molar-refractivity contribution < 1.29 is 14.3 Å². The van der Waals surface area contributed by atoms with E-state index in [4.69, 9.17) is 9.47 Å². The predicted molar refractivity (Wildman–Crippen MR) is 145 cm³/mol. The number of hydrogen-bond acceptors (Lipinski definition) is 8. The lowest BCUT2D eigenvalue weighted by atomic mass is 10.0. The number of anilines is 2. The van der Waals surface area contributed by atoms with Crippen LogP contribution in [0, 0.1) is 0 Å². The summed E-state index contributed by atoms with van der Waals surface area (Å²) in [7, 11) is 3.15. The topological polar surface area (TPSA) is 102 Å². The SMILES string of the molecule is COc1ccc(-c2ccc(NC(=O)c3ccc(N4C[C@@H](C)N[C@@H](C)C4)c4cnc(OC)nc34)cn2)cc1. The number of carbonyl (C=O) groups excluding carboxylic acids is 1. The quantitative estimate of drug-likeness (QED) is 0.409. The van der Waals surface area contributed by atoms with Gasteiger partial charge in [-0.15, -0.1) is 0 Å². The number of rotatable bonds is 6. The Kier molecular flexibility index (Phi) is 6.87. The highest BCUT2D eigenvalue weighted by Crippen LogP contribution is 2.31. The third kappa shape index (κ3) is 5.17. The Labute approximate surface area is 215 Å². The molecule has 2 aromatic heterocycles. The van der Waals surface area contributed by atoms with Crippen molar-refractivity contribution in [3.8, 4) is 23.0 Å². The summed E-state index contributed by atoms with van der Waals surface area (Å²) in [5.74, 6) is 0.505. The van der Waals surface area contributed by atoms with E-state index < -0.39 is 0 Å². The second-order valence-corrected chi connectivity index (χ2v) is 9.24. The molecule has 5 rings (SSSR count). The summed E-state index contributed by atoms with van der Waals surface area (Å²) in [6.07, 6.45) is 3.38. The number of piperazine rings is 1. The van der Waals surface area contributed by atoms with E-state index in [-0.39, 0.29) is 11.9 Å². The number of pyridine rings is 1. The summed E-state index contributed by atoms with van der Waals surface area (Å²) in [6.45, 7) is 6.03. The Morgan fingerprint density at radius 2 is 1.70 bits per heavy atom. The molecule has 4 aromatic rings. The lowest BCUT2D eigenvalue weighted by molar-refractivity contribution is 0.102. The van der Waals surface area contributed by atoms with Crippen LogP contribution in [0.2, 0.25) is 0 Å². The smallest absolute Gasteiger partial charge is 0.316 e. The highest BCUT2D eigenvalue weighted by molar-refractivity contribution is 6.13. The van der Waals surface area contributed by atoms with Crippen molar-refractivity contribution in [3.05, 3.63) is 66.5 Å². The van der Waals surface area contributed by atoms with Crippen LogP contribution in [0.1, 0.15) is 24.2 Å². The fraction of sp³-hybridized carbons (Fsp3) is 0.286. The minimum absolute atomic E-state index is 0.214. The van der Waals surface area contributed by atoms with Gasteiger partial charge in [-0.25, -0.2) is 4.98 Å². The van der Waals surface area contributed by atoms with E-state index in [1.165, 1.54) is 7.11 Å². The average molecular weight is 499 g/mol. The fourth-order valence-electron chi connectivity index (χ4n) is 4.77. The first-order valence-corrected chi connectivity index (χ1v) is 12.2. The minimum Gasteiger partial charge on any atom is -0.497 e. The van der Waals surface area contributed by atoms with Gasteiger partial charge in [-0.2, -0.15) is 4.98 Å². The molecule has 2 atom stereocenters. The Bertz CT molecular complexity index is 1400. The zero-order chi connectivity index (χ0) is 25.9. The maximum atomic E-state index is 13.4. The highest BCUT2D eigenvalue weighted by Gasteiger charge is 2.24. The number of methoxy groups -OCH3 is 2. The van der Waals surface area contributed by atoms with E-state index in [0.29, 0.717) is 28.9 Å². The van der Waals surface area contributed by atoms with Gasteiger partial charge >= 0.3 is 6.01 Å². The molecular weight excluding hydrogens is 468 g/mol. The summed E-state index contributed by atoms with van der Waals surface area (Å²) in [6, 6.07) is 16.1. The van der Waals surface area contributed by atoms with Crippen molar-refractivity contribution in [2.24, 2.45) is 0 Å². The summed E-state index contributed by atoms with van der Waals surface area (Å²) in [5, 5.41) is 7.31. The van der Waals surface area contributed by atoms with Crippen LogP contribution in [0.5, 0.6) is 11.8 Å². The van der Waals surface area contributed by atoms with Crippen LogP contribution in [0.25, 0.3) is 22.2 Å². The molecule has 0 bridgehead atoms.